The Balaban J connectivity index is 1.37. The number of phenolic OH excluding ortho intramolecular Hbond substituents is 1. The third-order valence-corrected chi connectivity index (χ3v) is 8.84. The molecule has 0 aliphatic carbocycles. The summed E-state index contributed by atoms with van der Waals surface area (Å²) in [5, 5.41) is 16.5. The zero-order valence-corrected chi connectivity index (χ0v) is 22.2. The van der Waals surface area contributed by atoms with Gasteiger partial charge >= 0.3 is 6.01 Å². The summed E-state index contributed by atoms with van der Waals surface area (Å²) in [4.78, 5) is 14.2. The van der Waals surface area contributed by atoms with Crippen molar-refractivity contribution >= 4 is 27.5 Å². The van der Waals surface area contributed by atoms with Gasteiger partial charge in [-0.05, 0) is 80.2 Å². The molecule has 2 N–H and O–H groups in total. The second kappa shape index (κ2) is 9.92. The highest BCUT2D eigenvalue weighted by molar-refractivity contribution is 6.01. The van der Waals surface area contributed by atoms with Gasteiger partial charge in [-0.25, -0.2) is 4.39 Å². The highest BCUT2D eigenvalue weighted by atomic mass is 19.1. The van der Waals surface area contributed by atoms with Crippen LogP contribution in [0.3, 0.4) is 0 Å². The fourth-order valence-electron chi connectivity index (χ4n) is 6.67. The lowest BCUT2D eigenvalue weighted by Gasteiger charge is -2.38. The van der Waals surface area contributed by atoms with E-state index in [0.29, 0.717) is 41.2 Å². The van der Waals surface area contributed by atoms with Crippen molar-refractivity contribution in [1.82, 2.24) is 20.2 Å². The van der Waals surface area contributed by atoms with Crippen molar-refractivity contribution in [2.24, 2.45) is 0 Å². The first kappa shape index (κ1) is 24.5. The lowest BCUT2D eigenvalue weighted by atomic mass is 9.96. The number of hydrogen-bond acceptors (Lipinski definition) is 7. The van der Waals surface area contributed by atoms with Crippen molar-refractivity contribution in [2.45, 2.75) is 50.2 Å². The van der Waals surface area contributed by atoms with E-state index in [0.717, 1.165) is 61.9 Å². The molecule has 4 fully saturated rings. The molecule has 4 aliphatic heterocycles. The van der Waals surface area contributed by atoms with E-state index in [1.54, 1.807) is 18.2 Å². The molecule has 0 amide bonds. The Bertz CT molecular complexity index is 1540. The van der Waals surface area contributed by atoms with Crippen molar-refractivity contribution in [1.29, 1.82) is 0 Å². The van der Waals surface area contributed by atoms with Crippen LogP contribution in [-0.4, -0.2) is 71.4 Å². The molecule has 39 heavy (non-hydrogen) atoms. The van der Waals surface area contributed by atoms with Crippen LogP contribution in [0.15, 0.2) is 48.5 Å². The fraction of sp³-hybridized carbons (Fsp3) is 0.419. The molecule has 4 saturated heterocycles. The Morgan fingerprint density at radius 2 is 1.92 bits per heavy atom. The van der Waals surface area contributed by atoms with Gasteiger partial charge in [0.2, 0.25) is 0 Å². The topological polar surface area (TPSA) is 73.8 Å². The van der Waals surface area contributed by atoms with Gasteiger partial charge in [-0.15, -0.1) is 0 Å². The molecule has 5 heterocycles. The maximum absolute atomic E-state index is 16.5. The van der Waals surface area contributed by atoms with E-state index in [9.17, 15) is 5.11 Å². The predicted octanol–water partition coefficient (Wildman–Crippen LogP) is 5.10. The highest BCUT2D eigenvalue weighted by Crippen LogP contribution is 2.39. The van der Waals surface area contributed by atoms with Gasteiger partial charge in [0, 0.05) is 42.2 Å². The van der Waals surface area contributed by atoms with Crippen molar-refractivity contribution in [3.63, 3.8) is 0 Å². The Labute approximate surface area is 227 Å². The molecular weight excluding hydrogens is 493 g/mol. The number of nitrogens with one attached hydrogen (secondary N) is 1. The molecule has 2 bridgehead atoms. The maximum atomic E-state index is 16.5. The largest absolute Gasteiger partial charge is 0.508 e. The monoisotopic (exact) mass is 527 g/mol. The van der Waals surface area contributed by atoms with Crippen molar-refractivity contribution in [2.75, 3.05) is 38.2 Å². The van der Waals surface area contributed by atoms with E-state index >= 15 is 4.39 Å². The number of likely N-dealkylation sites (N-methyl/N-ethyl adjacent to an activating group) is 1. The molecule has 2 unspecified atom stereocenters. The number of nitrogens with zero attached hydrogens (tertiary/aromatic N) is 4. The minimum atomic E-state index is -0.423. The van der Waals surface area contributed by atoms with Crippen LogP contribution < -0.4 is 15.0 Å². The Hall–Kier alpha value is -3.49. The number of ether oxygens (including phenoxy) is 1. The lowest BCUT2D eigenvalue weighted by Crippen LogP contribution is -2.54. The molecule has 0 saturated carbocycles. The minimum Gasteiger partial charge on any atom is -0.508 e. The second-order valence-electron chi connectivity index (χ2n) is 11.3. The van der Waals surface area contributed by atoms with Crippen molar-refractivity contribution < 1.29 is 14.2 Å². The van der Waals surface area contributed by atoms with Gasteiger partial charge in [0.1, 0.15) is 23.7 Å². The fourth-order valence-corrected chi connectivity index (χ4v) is 6.67. The number of benzene rings is 3. The van der Waals surface area contributed by atoms with Crippen LogP contribution in [0.1, 0.15) is 32.1 Å². The third-order valence-electron chi connectivity index (χ3n) is 8.84. The maximum Gasteiger partial charge on any atom is 0.319 e. The molecule has 0 radical (unpaired) electrons. The average molecular weight is 528 g/mol. The smallest absolute Gasteiger partial charge is 0.319 e. The average Bonchev–Trinajstić information content (AvgIpc) is 3.11. The van der Waals surface area contributed by atoms with Crippen LogP contribution in [0.25, 0.3) is 32.8 Å². The Kier molecular flexibility index (Phi) is 6.24. The van der Waals surface area contributed by atoms with Crippen LogP contribution in [0.5, 0.6) is 11.8 Å². The van der Waals surface area contributed by atoms with Crippen molar-refractivity contribution in [3.8, 4) is 22.9 Å². The SMILES string of the molecule is CN1CCC[C@H]1COc1nc(N2CC3CCCC2CN3)c2ccc(-c3cc(O)cc4ccccc34)c(F)c2n1. The number of halogens is 1. The molecule has 4 aromatic rings. The summed E-state index contributed by atoms with van der Waals surface area (Å²) in [5.41, 5.74) is 1.30. The van der Waals surface area contributed by atoms with E-state index in [4.69, 9.17) is 9.72 Å². The molecule has 3 aromatic carbocycles. The molecule has 0 spiro atoms. The minimum absolute atomic E-state index is 0.101. The molecule has 8 rings (SSSR count). The number of anilines is 1. The number of fused-ring (bicyclic) bond motifs is 6. The molecular formula is C31H34FN5O2. The molecule has 3 atom stereocenters. The van der Waals surface area contributed by atoms with Gasteiger partial charge in [-0.2, -0.15) is 9.97 Å². The number of piperazine rings is 1. The molecule has 1 aromatic heterocycles. The third kappa shape index (κ3) is 4.45. The summed E-state index contributed by atoms with van der Waals surface area (Å²) >= 11 is 0. The molecule has 202 valence electrons. The first-order valence-electron chi connectivity index (χ1n) is 14.1. The van der Waals surface area contributed by atoms with Gasteiger partial charge < -0.3 is 25.0 Å². The van der Waals surface area contributed by atoms with E-state index in [1.165, 1.54) is 6.42 Å². The van der Waals surface area contributed by atoms with E-state index in [2.05, 4.69) is 27.1 Å². The Morgan fingerprint density at radius 3 is 2.79 bits per heavy atom. The number of aromatic hydroxyl groups is 1. The number of rotatable bonds is 5. The normalized spacial score (nSPS) is 23.5. The van der Waals surface area contributed by atoms with Crippen LogP contribution in [0, 0.1) is 5.82 Å². The van der Waals surface area contributed by atoms with E-state index < -0.39 is 5.82 Å². The number of likely N-dealkylation sites (tertiary alicyclic amines) is 1. The summed E-state index contributed by atoms with van der Waals surface area (Å²) in [5.74, 6) is 0.427. The van der Waals surface area contributed by atoms with Crippen LogP contribution >= 0.6 is 0 Å². The summed E-state index contributed by atoms with van der Waals surface area (Å²) in [6, 6.07) is 16.0. The zero-order chi connectivity index (χ0) is 26.5. The van der Waals surface area contributed by atoms with Crippen LogP contribution in [0.2, 0.25) is 0 Å². The summed E-state index contributed by atoms with van der Waals surface area (Å²) < 4.78 is 22.7. The van der Waals surface area contributed by atoms with Gasteiger partial charge in [0.05, 0.1) is 0 Å². The summed E-state index contributed by atoms with van der Waals surface area (Å²) in [6.45, 7) is 3.27. The highest BCUT2D eigenvalue weighted by Gasteiger charge is 2.34. The van der Waals surface area contributed by atoms with Gasteiger partial charge in [0.25, 0.3) is 0 Å². The quantitative estimate of drug-likeness (QED) is 0.374. The summed E-state index contributed by atoms with van der Waals surface area (Å²) in [6.07, 6.45) is 5.60. The summed E-state index contributed by atoms with van der Waals surface area (Å²) in [7, 11) is 2.11. The zero-order valence-electron chi connectivity index (χ0n) is 22.2. The molecule has 7 nitrogen and oxygen atoms in total. The number of aromatic nitrogens is 2. The van der Waals surface area contributed by atoms with E-state index in [1.807, 2.05) is 30.3 Å². The number of phenols is 1. The first-order chi connectivity index (χ1) is 19.0. The standard InChI is InChI=1S/C31H34FN5O2/c1-36-13-5-9-22(36)18-39-31-34-29-26(30(35-31)37-17-20-7-4-8-21(37)16-33-20)12-11-25(28(29)32)27-15-23(38)14-19-6-2-3-10-24(19)27/h2-3,6,10-12,14-15,20-22,33,38H,4-5,7-9,13,16-18H2,1H3/t20?,21?,22-/m0/s1. The second-order valence-corrected chi connectivity index (χ2v) is 11.3. The van der Waals surface area contributed by atoms with Crippen molar-refractivity contribution in [3.05, 3.63) is 54.3 Å². The predicted molar refractivity (Wildman–Crippen MR) is 152 cm³/mol. The van der Waals surface area contributed by atoms with Crippen LogP contribution in [-0.2, 0) is 0 Å². The Morgan fingerprint density at radius 1 is 1.03 bits per heavy atom. The molecule has 4 aliphatic rings. The lowest BCUT2D eigenvalue weighted by molar-refractivity contribution is 0.188. The van der Waals surface area contributed by atoms with Crippen LogP contribution in [0.4, 0.5) is 10.2 Å². The molecule has 8 heteroatoms. The van der Waals surface area contributed by atoms with Gasteiger partial charge in [-0.3, -0.25) is 0 Å². The first-order valence-corrected chi connectivity index (χ1v) is 14.1. The number of hydrogen-bond donors (Lipinski definition) is 2. The van der Waals surface area contributed by atoms with E-state index in [-0.39, 0.29) is 17.3 Å². The van der Waals surface area contributed by atoms with Gasteiger partial charge in [0.15, 0.2) is 5.82 Å². The van der Waals surface area contributed by atoms with Gasteiger partial charge in [-0.1, -0.05) is 30.3 Å².